The van der Waals surface area contributed by atoms with Crippen LogP contribution >= 0.6 is 0 Å². The first-order valence-electron chi connectivity index (χ1n) is 11.3. The molecular weight excluding hydrogens is 459 g/mol. The van der Waals surface area contributed by atoms with Gasteiger partial charge < -0.3 is 9.88 Å². The second kappa shape index (κ2) is 8.49. The third kappa shape index (κ3) is 3.85. The van der Waals surface area contributed by atoms with Crippen molar-refractivity contribution < 1.29 is 18.0 Å². The largest absolute Gasteiger partial charge is 0.346 e. The average Bonchev–Trinajstić information content (AvgIpc) is 3.51. The number of carbonyl (C=O) groups is 1. The zero-order valence-corrected chi connectivity index (χ0v) is 18.6. The van der Waals surface area contributed by atoms with E-state index in [9.17, 15) is 18.0 Å². The van der Waals surface area contributed by atoms with Gasteiger partial charge in [-0.15, -0.1) is 0 Å². The molecule has 2 aliphatic rings. The molecule has 2 aliphatic heterocycles. The zero-order valence-electron chi connectivity index (χ0n) is 18.6. The highest BCUT2D eigenvalue weighted by Crippen LogP contribution is 2.30. The topological polar surface area (TPSA) is 82.9 Å². The van der Waals surface area contributed by atoms with Crippen molar-refractivity contribution in [1.82, 2.24) is 34.5 Å². The van der Waals surface area contributed by atoms with Crippen LogP contribution in [0.4, 0.5) is 13.2 Å². The lowest BCUT2D eigenvalue weighted by Crippen LogP contribution is -2.56. The van der Waals surface area contributed by atoms with Crippen LogP contribution in [0, 0.1) is 23.5 Å². The molecular formula is C24H21F3N7O. The molecule has 5 heterocycles. The summed E-state index contributed by atoms with van der Waals surface area (Å²) >= 11 is 0. The number of H-pyrrole nitrogens is 1. The van der Waals surface area contributed by atoms with E-state index < -0.39 is 23.4 Å². The van der Waals surface area contributed by atoms with Crippen LogP contribution in [0.25, 0.3) is 22.3 Å². The molecule has 1 radical (unpaired) electrons. The molecule has 179 valence electrons. The van der Waals surface area contributed by atoms with Gasteiger partial charge in [-0.25, -0.2) is 23.1 Å². The maximum absolute atomic E-state index is 13.5. The van der Waals surface area contributed by atoms with Crippen molar-refractivity contribution in [3.8, 4) is 11.3 Å². The van der Waals surface area contributed by atoms with E-state index in [1.165, 1.54) is 12.4 Å². The normalized spacial score (nSPS) is 17.7. The molecule has 1 amide bonds. The Morgan fingerprint density at radius 1 is 1.06 bits per heavy atom. The minimum absolute atomic E-state index is 0.172. The lowest BCUT2D eigenvalue weighted by atomic mass is 9.97. The van der Waals surface area contributed by atoms with E-state index in [4.69, 9.17) is 0 Å². The van der Waals surface area contributed by atoms with Gasteiger partial charge in [0, 0.05) is 61.1 Å². The second-order valence-corrected chi connectivity index (χ2v) is 8.88. The standard InChI is InChI=1S/C24H21F3N7O/c25-19-7-14(8-20(26)21(19)27)24(35)32-5-2-16(3-6-32)33-11-17(12-33)34-10-15(9-31-34)22-18-1-4-28-23(18)30-13-29-22/h1,4,7-10,13,16H,2-3,5-6,11-12H2,(H,28,29,30). The fourth-order valence-electron chi connectivity index (χ4n) is 4.84. The van der Waals surface area contributed by atoms with E-state index in [0.29, 0.717) is 19.1 Å². The number of carbonyl (C=O) groups excluding carboxylic acids is 1. The van der Waals surface area contributed by atoms with E-state index in [-0.39, 0.29) is 5.56 Å². The molecule has 35 heavy (non-hydrogen) atoms. The third-order valence-corrected chi connectivity index (χ3v) is 6.80. The van der Waals surface area contributed by atoms with Crippen molar-refractivity contribution in [3.05, 3.63) is 72.2 Å². The molecule has 4 aromatic rings. The van der Waals surface area contributed by atoms with Gasteiger partial charge in [0.1, 0.15) is 18.0 Å². The van der Waals surface area contributed by atoms with Crippen molar-refractivity contribution in [3.63, 3.8) is 0 Å². The Kier molecular flexibility index (Phi) is 5.28. The van der Waals surface area contributed by atoms with Crippen LogP contribution in [-0.2, 0) is 0 Å². The number of nitrogens with one attached hydrogen (secondary N) is 1. The number of amides is 1. The van der Waals surface area contributed by atoms with Gasteiger partial charge in [-0.1, -0.05) is 0 Å². The third-order valence-electron chi connectivity index (χ3n) is 6.80. The molecule has 2 fully saturated rings. The summed E-state index contributed by atoms with van der Waals surface area (Å²) in [6.07, 6.45) is 8.65. The molecule has 0 aliphatic carbocycles. The molecule has 6 rings (SSSR count). The first-order chi connectivity index (χ1) is 17.0. The summed E-state index contributed by atoms with van der Waals surface area (Å²) in [5.74, 6) is -4.76. The SMILES string of the molecule is O=C(c1cc(F)c(F)c(F)c1)N1CCC(N2C[C](n3cc(-c4ncnc5[nH]ccc45)cn3)C2)CC1. The van der Waals surface area contributed by atoms with E-state index in [1.54, 1.807) is 11.1 Å². The van der Waals surface area contributed by atoms with Crippen LogP contribution in [0.15, 0.2) is 43.1 Å². The van der Waals surface area contributed by atoms with Crippen LogP contribution in [0.3, 0.4) is 0 Å². The number of piperidine rings is 1. The fourth-order valence-corrected chi connectivity index (χ4v) is 4.84. The Morgan fingerprint density at radius 2 is 1.80 bits per heavy atom. The van der Waals surface area contributed by atoms with Crippen molar-refractivity contribution in [2.45, 2.75) is 18.9 Å². The first-order valence-corrected chi connectivity index (χ1v) is 11.3. The lowest BCUT2D eigenvalue weighted by molar-refractivity contribution is 0.0514. The van der Waals surface area contributed by atoms with Crippen LogP contribution in [0.2, 0.25) is 0 Å². The number of nitrogens with zero attached hydrogens (tertiary/aromatic N) is 6. The average molecular weight is 480 g/mol. The summed E-state index contributed by atoms with van der Waals surface area (Å²) in [5, 5.41) is 5.46. The minimum Gasteiger partial charge on any atom is -0.346 e. The Balaban J connectivity index is 1.05. The van der Waals surface area contributed by atoms with Crippen molar-refractivity contribution >= 4 is 16.9 Å². The van der Waals surface area contributed by atoms with Crippen molar-refractivity contribution in [1.29, 1.82) is 0 Å². The molecule has 0 saturated carbocycles. The summed E-state index contributed by atoms with van der Waals surface area (Å²) in [4.78, 5) is 28.3. The predicted molar refractivity (Wildman–Crippen MR) is 121 cm³/mol. The number of rotatable bonds is 4. The number of halogens is 3. The summed E-state index contributed by atoms with van der Waals surface area (Å²) in [5.41, 5.74) is 2.36. The summed E-state index contributed by atoms with van der Waals surface area (Å²) in [7, 11) is 0. The highest BCUT2D eigenvalue weighted by molar-refractivity contribution is 5.94. The van der Waals surface area contributed by atoms with E-state index in [1.807, 2.05) is 23.1 Å². The number of aromatic nitrogens is 5. The first kappa shape index (κ1) is 21.8. The van der Waals surface area contributed by atoms with Gasteiger partial charge in [0.05, 0.1) is 11.9 Å². The Bertz CT molecular complexity index is 1380. The second-order valence-electron chi connectivity index (χ2n) is 8.88. The number of hydrogen-bond acceptors (Lipinski definition) is 5. The van der Waals surface area contributed by atoms with Gasteiger partial charge in [-0.2, -0.15) is 5.10 Å². The van der Waals surface area contributed by atoms with Crippen LogP contribution < -0.4 is 0 Å². The summed E-state index contributed by atoms with van der Waals surface area (Å²) in [6.45, 7) is 2.50. The van der Waals surface area contributed by atoms with Gasteiger partial charge in [0.15, 0.2) is 17.5 Å². The number of benzene rings is 1. The highest BCUT2D eigenvalue weighted by Gasteiger charge is 2.37. The molecule has 0 spiro atoms. The van der Waals surface area contributed by atoms with Crippen LogP contribution in [0.1, 0.15) is 23.2 Å². The molecule has 2 saturated heterocycles. The lowest BCUT2D eigenvalue weighted by Gasteiger charge is -2.46. The zero-order chi connectivity index (χ0) is 24.1. The van der Waals surface area contributed by atoms with Gasteiger partial charge in [0.2, 0.25) is 0 Å². The van der Waals surface area contributed by atoms with Crippen LogP contribution in [-0.4, -0.2) is 72.7 Å². The van der Waals surface area contributed by atoms with Gasteiger partial charge >= 0.3 is 0 Å². The Labute approximate surface area is 198 Å². The molecule has 8 nitrogen and oxygen atoms in total. The van der Waals surface area contributed by atoms with E-state index >= 15 is 0 Å². The Hall–Kier alpha value is -3.73. The van der Waals surface area contributed by atoms with Crippen molar-refractivity contribution in [2.24, 2.45) is 0 Å². The predicted octanol–water partition coefficient (Wildman–Crippen LogP) is 3.24. The number of hydrogen-bond donors (Lipinski definition) is 1. The highest BCUT2D eigenvalue weighted by atomic mass is 19.2. The maximum Gasteiger partial charge on any atom is 0.254 e. The quantitative estimate of drug-likeness (QED) is 0.454. The molecule has 0 unspecified atom stereocenters. The molecule has 11 heteroatoms. The van der Waals surface area contributed by atoms with Crippen molar-refractivity contribution in [2.75, 3.05) is 26.2 Å². The van der Waals surface area contributed by atoms with Gasteiger partial charge in [-0.3, -0.25) is 14.4 Å². The number of likely N-dealkylation sites (tertiary alicyclic amines) is 2. The molecule has 3 aromatic heterocycles. The van der Waals surface area contributed by atoms with Gasteiger partial charge in [0.25, 0.3) is 5.91 Å². The maximum atomic E-state index is 13.5. The number of aromatic amines is 1. The summed E-state index contributed by atoms with van der Waals surface area (Å²) < 4.78 is 42.1. The Morgan fingerprint density at radius 3 is 2.54 bits per heavy atom. The fraction of sp³-hybridized carbons (Fsp3) is 0.292. The minimum atomic E-state index is -1.57. The monoisotopic (exact) mass is 480 g/mol. The van der Waals surface area contributed by atoms with Gasteiger partial charge in [-0.05, 0) is 31.0 Å². The smallest absolute Gasteiger partial charge is 0.254 e. The van der Waals surface area contributed by atoms with E-state index in [0.717, 1.165) is 60.4 Å². The van der Waals surface area contributed by atoms with E-state index in [2.05, 4.69) is 25.0 Å². The molecule has 0 bridgehead atoms. The number of fused-ring (bicyclic) bond motifs is 1. The summed E-state index contributed by atoms with van der Waals surface area (Å²) in [6, 6.07) is 4.93. The molecule has 1 aromatic carbocycles. The van der Waals surface area contributed by atoms with Crippen LogP contribution in [0.5, 0.6) is 0 Å². The molecule has 0 atom stereocenters. The molecule has 1 N–H and O–H groups in total.